The molecular formula is C17H20O7S2. The molecule has 0 saturated carbocycles. The summed E-state index contributed by atoms with van der Waals surface area (Å²) in [6, 6.07) is 12.5. The summed E-state index contributed by atoms with van der Waals surface area (Å²) in [5.74, 6) is 0. The third-order valence-electron chi connectivity index (χ3n) is 3.56. The molecule has 0 atom stereocenters. The standard InChI is InChI=1S/C17H20O7S2/c1-13-7-3-5-9-16(13)25(19,20)23-11-15(18)12-24-26(21,22)17-10-6-4-8-14(17)2/h3-10,15,18H,11-12H2,1-2H3. The van der Waals surface area contributed by atoms with Gasteiger partial charge in [0, 0.05) is 0 Å². The third kappa shape index (κ3) is 5.12. The highest BCUT2D eigenvalue weighted by molar-refractivity contribution is 7.87. The summed E-state index contributed by atoms with van der Waals surface area (Å²) in [5, 5.41) is 9.83. The first kappa shape index (κ1) is 20.5. The molecule has 0 radical (unpaired) electrons. The van der Waals surface area contributed by atoms with Gasteiger partial charge in [-0.2, -0.15) is 16.8 Å². The topological polar surface area (TPSA) is 107 Å². The van der Waals surface area contributed by atoms with Gasteiger partial charge in [0.05, 0.1) is 23.0 Å². The molecule has 2 aromatic carbocycles. The van der Waals surface area contributed by atoms with Crippen molar-refractivity contribution in [2.75, 3.05) is 13.2 Å². The lowest BCUT2D eigenvalue weighted by molar-refractivity contribution is 0.0671. The first-order valence-electron chi connectivity index (χ1n) is 7.71. The summed E-state index contributed by atoms with van der Waals surface area (Å²) in [4.78, 5) is -0.0266. The maximum absolute atomic E-state index is 12.1. The number of hydrogen-bond acceptors (Lipinski definition) is 7. The average Bonchev–Trinajstić information content (AvgIpc) is 2.59. The van der Waals surface area contributed by atoms with Crippen molar-refractivity contribution in [2.24, 2.45) is 0 Å². The Hall–Kier alpha value is -1.78. The van der Waals surface area contributed by atoms with Crippen LogP contribution in [0.3, 0.4) is 0 Å². The molecule has 0 fully saturated rings. The SMILES string of the molecule is Cc1ccccc1S(=O)(=O)OCC(O)COS(=O)(=O)c1ccccc1C. The first-order chi connectivity index (χ1) is 12.1. The fourth-order valence-corrected chi connectivity index (χ4v) is 4.53. The van der Waals surface area contributed by atoms with Gasteiger partial charge in [-0.3, -0.25) is 8.37 Å². The number of rotatable bonds is 8. The summed E-state index contributed by atoms with van der Waals surface area (Å²) in [6.07, 6.45) is -1.44. The maximum atomic E-state index is 12.1. The molecule has 0 heterocycles. The first-order valence-corrected chi connectivity index (χ1v) is 10.5. The lowest BCUT2D eigenvalue weighted by Crippen LogP contribution is -2.26. The Bertz CT molecular complexity index is 887. The van der Waals surface area contributed by atoms with Crippen LogP contribution in [0.15, 0.2) is 58.3 Å². The van der Waals surface area contributed by atoms with E-state index in [0.717, 1.165) is 0 Å². The zero-order chi connectivity index (χ0) is 19.4. The van der Waals surface area contributed by atoms with E-state index in [1.807, 2.05) is 0 Å². The van der Waals surface area contributed by atoms with Crippen LogP contribution in [0.25, 0.3) is 0 Å². The highest BCUT2D eigenvalue weighted by atomic mass is 32.2. The molecule has 0 aromatic heterocycles. The van der Waals surface area contributed by atoms with Crippen LogP contribution in [0.1, 0.15) is 11.1 Å². The lowest BCUT2D eigenvalue weighted by Gasteiger charge is -2.13. The largest absolute Gasteiger partial charge is 0.388 e. The molecule has 0 aliphatic carbocycles. The summed E-state index contributed by atoms with van der Waals surface area (Å²) in [6.45, 7) is 1.98. The van der Waals surface area contributed by atoms with Gasteiger partial charge in [-0.05, 0) is 37.1 Å². The zero-order valence-corrected chi connectivity index (χ0v) is 16.0. The molecule has 0 aliphatic heterocycles. The lowest BCUT2D eigenvalue weighted by atomic mass is 10.2. The number of aryl methyl sites for hydroxylation is 2. The maximum Gasteiger partial charge on any atom is 0.297 e. The minimum absolute atomic E-state index is 0.0133. The minimum atomic E-state index is -4.06. The van der Waals surface area contributed by atoms with Crippen molar-refractivity contribution in [3.05, 3.63) is 59.7 Å². The normalized spacial score (nSPS) is 12.5. The Morgan fingerprint density at radius 3 is 1.46 bits per heavy atom. The van der Waals surface area contributed by atoms with Crippen LogP contribution in [-0.4, -0.2) is 41.3 Å². The van der Waals surface area contributed by atoms with Crippen molar-refractivity contribution in [2.45, 2.75) is 29.7 Å². The molecule has 2 rings (SSSR count). The summed E-state index contributed by atoms with van der Waals surface area (Å²) >= 11 is 0. The van der Waals surface area contributed by atoms with E-state index in [1.54, 1.807) is 50.2 Å². The minimum Gasteiger partial charge on any atom is -0.388 e. The smallest absolute Gasteiger partial charge is 0.297 e. The fraction of sp³-hybridized carbons (Fsp3) is 0.294. The highest BCUT2D eigenvalue weighted by Crippen LogP contribution is 2.18. The Morgan fingerprint density at radius 1 is 0.769 bits per heavy atom. The van der Waals surface area contributed by atoms with Crippen molar-refractivity contribution in [3.63, 3.8) is 0 Å². The van der Waals surface area contributed by atoms with Crippen molar-refractivity contribution in [1.82, 2.24) is 0 Å². The van der Waals surface area contributed by atoms with Gasteiger partial charge in [0.15, 0.2) is 0 Å². The van der Waals surface area contributed by atoms with Crippen molar-refractivity contribution in [1.29, 1.82) is 0 Å². The molecule has 0 spiro atoms. The van der Waals surface area contributed by atoms with E-state index in [-0.39, 0.29) is 9.79 Å². The Kier molecular flexibility index (Phi) is 6.53. The van der Waals surface area contributed by atoms with Crippen molar-refractivity contribution in [3.8, 4) is 0 Å². The van der Waals surface area contributed by atoms with E-state index in [9.17, 15) is 21.9 Å². The highest BCUT2D eigenvalue weighted by Gasteiger charge is 2.22. The molecule has 0 bridgehead atoms. The fourth-order valence-electron chi connectivity index (χ4n) is 2.19. The molecule has 7 nitrogen and oxygen atoms in total. The van der Waals surface area contributed by atoms with Gasteiger partial charge in [-0.15, -0.1) is 0 Å². The quantitative estimate of drug-likeness (QED) is 0.673. The molecule has 0 saturated heterocycles. The third-order valence-corrected chi connectivity index (χ3v) is 6.44. The summed E-state index contributed by atoms with van der Waals surface area (Å²) in [7, 11) is -8.13. The number of benzene rings is 2. The molecule has 26 heavy (non-hydrogen) atoms. The van der Waals surface area contributed by atoms with Crippen LogP contribution in [0.5, 0.6) is 0 Å². The Morgan fingerprint density at radius 2 is 1.12 bits per heavy atom. The Balaban J connectivity index is 1.96. The molecule has 142 valence electrons. The van der Waals surface area contributed by atoms with Gasteiger partial charge in [0.1, 0.15) is 6.10 Å². The van der Waals surface area contributed by atoms with Crippen LogP contribution in [0.4, 0.5) is 0 Å². The van der Waals surface area contributed by atoms with Gasteiger partial charge < -0.3 is 5.11 Å². The molecule has 0 amide bonds. The molecule has 9 heteroatoms. The number of aliphatic hydroxyl groups is 1. The summed E-state index contributed by atoms with van der Waals surface area (Å²) in [5.41, 5.74) is 1.00. The van der Waals surface area contributed by atoms with Crippen molar-refractivity contribution >= 4 is 20.2 Å². The predicted molar refractivity (Wildman–Crippen MR) is 94.6 cm³/mol. The number of hydrogen-bond donors (Lipinski definition) is 1. The van der Waals surface area contributed by atoms with Crippen LogP contribution in [-0.2, 0) is 28.6 Å². The molecule has 0 aliphatic rings. The van der Waals surface area contributed by atoms with E-state index in [4.69, 9.17) is 8.37 Å². The van der Waals surface area contributed by atoms with Crippen LogP contribution >= 0.6 is 0 Å². The molecule has 2 aromatic rings. The second-order valence-electron chi connectivity index (χ2n) is 5.66. The van der Waals surface area contributed by atoms with Gasteiger partial charge in [0.2, 0.25) is 0 Å². The van der Waals surface area contributed by atoms with Crippen LogP contribution < -0.4 is 0 Å². The predicted octanol–water partition coefficient (Wildman–Crippen LogP) is 1.78. The van der Waals surface area contributed by atoms with E-state index in [1.165, 1.54) is 12.1 Å². The summed E-state index contributed by atoms with van der Waals surface area (Å²) < 4.78 is 58.1. The number of aliphatic hydroxyl groups excluding tert-OH is 1. The van der Waals surface area contributed by atoms with Crippen LogP contribution in [0.2, 0.25) is 0 Å². The second-order valence-corrected chi connectivity index (χ2v) is 8.83. The Labute approximate surface area is 153 Å². The molecular weight excluding hydrogens is 380 g/mol. The van der Waals surface area contributed by atoms with E-state index < -0.39 is 39.6 Å². The van der Waals surface area contributed by atoms with E-state index in [0.29, 0.717) is 11.1 Å². The van der Waals surface area contributed by atoms with Gasteiger partial charge in [-0.25, -0.2) is 0 Å². The van der Waals surface area contributed by atoms with E-state index >= 15 is 0 Å². The van der Waals surface area contributed by atoms with Gasteiger partial charge >= 0.3 is 0 Å². The van der Waals surface area contributed by atoms with Gasteiger partial charge in [0.25, 0.3) is 20.2 Å². The molecule has 1 N–H and O–H groups in total. The second kappa shape index (κ2) is 8.28. The van der Waals surface area contributed by atoms with Crippen LogP contribution in [0, 0.1) is 13.8 Å². The average molecular weight is 400 g/mol. The zero-order valence-electron chi connectivity index (χ0n) is 14.3. The van der Waals surface area contributed by atoms with E-state index in [2.05, 4.69) is 0 Å². The van der Waals surface area contributed by atoms with Crippen molar-refractivity contribution < 1.29 is 30.3 Å². The monoisotopic (exact) mass is 400 g/mol. The molecule has 0 unspecified atom stereocenters. The van der Waals surface area contributed by atoms with Gasteiger partial charge in [-0.1, -0.05) is 36.4 Å².